The van der Waals surface area contributed by atoms with Gasteiger partial charge in [-0.25, -0.2) is 0 Å². The molecule has 1 aliphatic heterocycles. The normalized spacial score (nSPS) is 25.2. The highest BCUT2D eigenvalue weighted by Crippen LogP contribution is 2.26. The first-order valence-corrected chi connectivity index (χ1v) is 5.95. The van der Waals surface area contributed by atoms with E-state index in [9.17, 15) is 22.8 Å². The lowest BCUT2D eigenvalue weighted by atomic mass is 9.85. The zero-order valence-electron chi connectivity index (χ0n) is 10.2. The van der Waals surface area contributed by atoms with E-state index in [2.05, 4.69) is 0 Å². The van der Waals surface area contributed by atoms with Crippen LogP contribution in [0.25, 0.3) is 0 Å². The molecule has 110 valence electrons. The number of alkyl halides is 3. The second kappa shape index (κ2) is 6.23. The molecule has 2 unspecified atom stereocenters. The summed E-state index contributed by atoms with van der Waals surface area (Å²) in [6, 6.07) is 0. The summed E-state index contributed by atoms with van der Waals surface area (Å²) in [6.45, 7) is 0.443. The predicted octanol–water partition coefficient (Wildman–Crippen LogP) is 1.44. The van der Waals surface area contributed by atoms with Gasteiger partial charge in [0.15, 0.2) is 0 Å². The van der Waals surface area contributed by atoms with Gasteiger partial charge in [-0.15, -0.1) is 0 Å². The standard InChI is InChI=1S/C11H16F3NO4/c12-11(13,14)3-1-4-15-5-2-7(9(16)17)8(6-15)10(18)19/h7-8H,1-6H2,(H,16,17)(H,18,19). The van der Waals surface area contributed by atoms with Gasteiger partial charge >= 0.3 is 18.1 Å². The van der Waals surface area contributed by atoms with Crippen molar-refractivity contribution in [1.29, 1.82) is 0 Å². The van der Waals surface area contributed by atoms with Gasteiger partial charge in [0.05, 0.1) is 11.8 Å². The van der Waals surface area contributed by atoms with Gasteiger partial charge in [-0.2, -0.15) is 13.2 Å². The minimum atomic E-state index is -4.22. The monoisotopic (exact) mass is 283 g/mol. The number of carboxylic acids is 2. The van der Waals surface area contributed by atoms with Crippen LogP contribution in [0, 0.1) is 11.8 Å². The number of nitrogens with zero attached hydrogens (tertiary/aromatic N) is 1. The number of carboxylic acid groups (broad SMARTS) is 2. The van der Waals surface area contributed by atoms with Crippen molar-refractivity contribution in [1.82, 2.24) is 4.90 Å². The highest BCUT2D eigenvalue weighted by atomic mass is 19.4. The van der Waals surface area contributed by atoms with Crippen LogP contribution >= 0.6 is 0 Å². The number of aliphatic carboxylic acids is 2. The van der Waals surface area contributed by atoms with Gasteiger partial charge in [0.2, 0.25) is 0 Å². The molecule has 5 nitrogen and oxygen atoms in total. The molecule has 0 radical (unpaired) electrons. The third-order valence-electron chi connectivity index (χ3n) is 3.27. The predicted molar refractivity (Wildman–Crippen MR) is 58.6 cm³/mol. The Hall–Kier alpha value is -1.31. The Bertz CT molecular complexity index is 345. The summed E-state index contributed by atoms with van der Waals surface area (Å²) in [4.78, 5) is 23.5. The van der Waals surface area contributed by atoms with Crippen LogP contribution in [0.15, 0.2) is 0 Å². The van der Waals surface area contributed by atoms with Crippen molar-refractivity contribution < 1.29 is 33.0 Å². The highest BCUT2D eigenvalue weighted by molar-refractivity contribution is 5.80. The zero-order valence-corrected chi connectivity index (χ0v) is 10.2. The summed E-state index contributed by atoms with van der Waals surface area (Å²) in [5.74, 6) is -4.40. The van der Waals surface area contributed by atoms with E-state index in [1.807, 2.05) is 0 Å². The van der Waals surface area contributed by atoms with Gasteiger partial charge in [-0.05, 0) is 25.9 Å². The summed E-state index contributed by atoms with van der Waals surface area (Å²) in [6.07, 6.45) is -5.08. The van der Waals surface area contributed by atoms with E-state index in [0.717, 1.165) is 0 Å². The molecule has 0 aromatic carbocycles. The molecule has 1 aliphatic rings. The molecule has 0 saturated carbocycles. The number of halogens is 3. The second-order valence-electron chi connectivity index (χ2n) is 4.70. The Kier molecular flexibility index (Phi) is 5.16. The van der Waals surface area contributed by atoms with E-state index in [1.54, 1.807) is 4.90 Å². The van der Waals surface area contributed by atoms with Crippen molar-refractivity contribution >= 4 is 11.9 Å². The Morgan fingerprint density at radius 2 is 1.74 bits per heavy atom. The molecule has 1 fully saturated rings. The average molecular weight is 283 g/mol. The van der Waals surface area contributed by atoms with E-state index in [4.69, 9.17) is 10.2 Å². The molecule has 1 rings (SSSR count). The van der Waals surface area contributed by atoms with Crippen LogP contribution < -0.4 is 0 Å². The van der Waals surface area contributed by atoms with Crippen LogP contribution in [-0.2, 0) is 9.59 Å². The minimum Gasteiger partial charge on any atom is -0.481 e. The lowest BCUT2D eigenvalue weighted by molar-refractivity contribution is -0.157. The van der Waals surface area contributed by atoms with Gasteiger partial charge in [-0.1, -0.05) is 0 Å². The van der Waals surface area contributed by atoms with Crippen molar-refractivity contribution in [3.8, 4) is 0 Å². The zero-order chi connectivity index (χ0) is 14.6. The van der Waals surface area contributed by atoms with Gasteiger partial charge in [0, 0.05) is 13.0 Å². The fraction of sp³-hybridized carbons (Fsp3) is 0.818. The fourth-order valence-electron chi connectivity index (χ4n) is 2.27. The molecular weight excluding hydrogens is 267 g/mol. The smallest absolute Gasteiger partial charge is 0.389 e. The van der Waals surface area contributed by atoms with Crippen LogP contribution in [0.1, 0.15) is 19.3 Å². The van der Waals surface area contributed by atoms with Crippen LogP contribution in [0.4, 0.5) is 13.2 Å². The third kappa shape index (κ3) is 5.06. The Labute approximate surface area is 108 Å². The second-order valence-corrected chi connectivity index (χ2v) is 4.70. The maximum absolute atomic E-state index is 12.0. The molecule has 0 amide bonds. The van der Waals surface area contributed by atoms with Crippen molar-refractivity contribution in [2.24, 2.45) is 11.8 Å². The topological polar surface area (TPSA) is 77.8 Å². The molecule has 1 saturated heterocycles. The molecular formula is C11H16F3NO4. The number of hydrogen-bond donors (Lipinski definition) is 2. The third-order valence-corrected chi connectivity index (χ3v) is 3.27. The molecule has 0 aromatic rings. The number of rotatable bonds is 5. The highest BCUT2D eigenvalue weighted by Gasteiger charge is 2.38. The summed E-state index contributed by atoms with van der Waals surface area (Å²) >= 11 is 0. The molecule has 2 atom stereocenters. The van der Waals surface area contributed by atoms with Crippen LogP contribution in [0.2, 0.25) is 0 Å². The number of carbonyl (C=O) groups is 2. The van der Waals surface area contributed by atoms with Crippen LogP contribution in [0.5, 0.6) is 0 Å². The van der Waals surface area contributed by atoms with Gasteiger partial charge < -0.3 is 15.1 Å². The molecule has 1 heterocycles. The quantitative estimate of drug-likeness (QED) is 0.798. The number of likely N-dealkylation sites (tertiary alicyclic amines) is 1. The van der Waals surface area contributed by atoms with Crippen LogP contribution in [-0.4, -0.2) is 52.9 Å². The Morgan fingerprint density at radius 3 is 2.21 bits per heavy atom. The Morgan fingerprint density at radius 1 is 1.16 bits per heavy atom. The lowest BCUT2D eigenvalue weighted by Gasteiger charge is -2.34. The molecule has 0 bridgehead atoms. The van der Waals surface area contributed by atoms with Gasteiger partial charge in [0.25, 0.3) is 0 Å². The van der Waals surface area contributed by atoms with Crippen molar-refractivity contribution in [2.45, 2.75) is 25.4 Å². The lowest BCUT2D eigenvalue weighted by Crippen LogP contribution is -2.46. The molecule has 19 heavy (non-hydrogen) atoms. The first-order chi connectivity index (χ1) is 8.70. The van der Waals surface area contributed by atoms with Crippen molar-refractivity contribution in [2.75, 3.05) is 19.6 Å². The summed E-state index contributed by atoms with van der Waals surface area (Å²) in [5.41, 5.74) is 0. The SMILES string of the molecule is O=C(O)C1CCN(CCCC(F)(F)F)CC1C(=O)O. The molecule has 0 aromatic heterocycles. The number of hydrogen-bond acceptors (Lipinski definition) is 3. The van der Waals surface area contributed by atoms with E-state index in [-0.39, 0.29) is 25.9 Å². The van der Waals surface area contributed by atoms with Crippen molar-refractivity contribution in [3.63, 3.8) is 0 Å². The Balaban J connectivity index is 2.48. The summed E-state index contributed by atoms with van der Waals surface area (Å²) < 4.78 is 36.0. The van der Waals surface area contributed by atoms with Crippen LogP contribution in [0.3, 0.4) is 0 Å². The first kappa shape index (κ1) is 15.7. The van der Waals surface area contributed by atoms with Crippen molar-refractivity contribution in [3.05, 3.63) is 0 Å². The molecule has 0 spiro atoms. The molecule has 0 aliphatic carbocycles. The first-order valence-electron chi connectivity index (χ1n) is 5.95. The van der Waals surface area contributed by atoms with Gasteiger partial charge in [0.1, 0.15) is 0 Å². The van der Waals surface area contributed by atoms with E-state index < -0.39 is 36.4 Å². The molecule has 8 heteroatoms. The van der Waals surface area contributed by atoms with Gasteiger partial charge in [-0.3, -0.25) is 9.59 Å². The maximum Gasteiger partial charge on any atom is 0.389 e. The maximum atomic E-state index is 12.0. The number of piperidine rings is 1. The fourth-order valence-corrected chi connectivity index (χ4v) is 2.27. The minimum absolute atomic E-state index is 0.00976. The largest absolute Gasteiger partial charge is 0.481 e. The molecule has 2 N–H and O–H groups in total. The van der Waals surface area contributed by atoms with E-state index in [1.165, 1.54) is 0 Å². The van der Waals surface area contributed by atoms with E-state index >= 15 is 0 Å². The summed E-state index contributed by atoms with van der Waals surface area (Å²) in [7, 11) is 0. The van der Waals surface area contributed by atoms with E-state index in [0.29, 0.717) is 6.54 Å². The summed E-state index contributed by atoms with van der Waals surface area (Å²) in [5, 5.41) is 17.9. The average Bonchev–Trinajstić information content (AvgIpc) is 2.26.